The van der Waals surface area contributed by atoms with E-state index < -0.39 is 39.1 Å². The number of hydrogen-bond donors (Lipinski definition) is 1. The average Bonchev–Trinajstić information content (AvgIpc) is 2.73. The fraction of sp³-hybridized carbons (Fsp3) is 0.286. The molecule has 2 heterocycles. The molecule has 168 valence electrons. The molecule has 32 heavy (non-hydrogen) atoms. The van der Waals surface area contributed by atoms with E-state index in [1.165, 1.54) is 38.5 Å². The molecule has 8 nitrogen and oxygen atoms in total. The summed E-state index contributed by atoms with van der Waals surface area (Å²) < 4.78 is 60.3. The number of benzene rings is 1. The number of guanidine groups is 1. The summed E-state index contributed by atoms with van der Waals surface area (Å²) in [6, 6.07) is 3.78. The Kier molecular flexibility index (Phi) is 6.18. The minimum absolute atomic E-state index is 0.0308. The summed E-state index contributed by atoms with van der Waals surface area (Å²) in [5, 5.41) is 0. The van der Waals surface area contributed by atoms with Gasteiger partial charge in [-0.25, -0.2) is 36.5 Å². The van der Waals surface area contributed by atoms with Gasteiger partial charge in [-0.2, -0.15) is 0 Å². The van der Waals surface area contributed by atoms with Gasteiger partial charge in [-0.3, -0.25) is 0 Å². The number of aliphatic imine (C=N–C) groups is 1. The third kappa shape index (κ3) is 4.70. The molecule has 1 unspecified atom stereocenters. The lowest BCUT2D eigenvalue weighted by Gasteiger charge is -2.34. The van der Waals surface area contributed by atoms with Crippen LogP contribution < -0.4 is 10.5 Å². The Morgan fingerprint density at radius 1 is 1.41 bits per heavy atom. The minimum Gasteiger partial charge on any atom is -0.460 e. The third-order valence-corrected chi connectivity index (χ3v) is 6.78. The predicted octanol–water partition coefficient (Wildman–Crippen LogP) is 2.29. The van der Waals surface area contributed by atoms with E-state index in [9.17, 15) is 17.2 Å². The highest BCUT2D eigenvalue weighted by molar-refractivity contribution is 7.89. The number of aromatic nitrogens is 2. The second-order valence-electron chi connectivity index (χ2n) is 7.37. The Hall–Kier alpha value is -3.52. The van der Waals surface area contributed by atoms with Crippen LogP contribution >= 0.6 is 0 Å². The van der Waals surface area contributed by atoms with E-state index in [1.807, 2.05) is 0 Å². The zero-order valence-corrected chi connectivity index (χ0v) is 18.4. The molecule has 1 aromatic carbocycles. The summed E-state index contributed by atoms with van der Waals surface area (Å²) in [5.41, 5.74) is 4.41. The van der Waals surface area contributed by atoms with Gasteiger partial charge in [0.1, 0.15) is 17.1 Å². The summed E-state index contributed by atoms with van der Waals surface area (Å²) in [4.78, 5) is 12.1. The highest BCUT2D eigenvalue weighted by atomic mass is 32.2. The van der Waals surface area contributed by atoms with E-state index in [2.05, 4.69) is 20.9 Å². The molecule has 0 saturated carbocycles. The first-order valence-corrected chi connectivity index (χ1v) is 11.0. The Labute approximate surface area is 184 Å². The van der Waals surface area contributed by atoms with Gasteiger partial charge in [0.05, 0.1) is 18.1 Å². The monoisotopic (exact) mass is 461 g/mol. The maximum absolute atomic E-state index is 14.7. The molecule has 2 atom stereocenters. The van der Waals surface area contributed by atoms with Gasteiger partial charge in [-0.15, -0.1) is 6.42 Å². The van der Waals surface area contributed by atoms with Crippen LogP contribution in [-0.4, -0.2) is 47.6 Å². The lowest BCUT2D eigenvalue weighted by atomic mass is 9.92. The van der Waals surface area contributed by atoms with Crippen molar-refractivity contribution < 1.29 is 21.9 Å². The Balaban J connectivity index is 1.94. The van der Waals surface area contributed by atoms with Crippen LogP contribution in [0.25, 0.3) is 11.9 Å². The van der Waals surface area contributed by atoms with Crippen LogP contribution in [-0.2, 0) is 15.6 Å². The van der Waals surface area contributed by atoms with E-state index in [-0.39, 0.29) is 28.7 Å². The standard InChI is InChI=1S/C21H21F2N5O3S/c1-5-13(2)31-19-11-25-18(10-26-19)17(23)9-14-6-7-16(22)15(8-14)21(3)12-32(29,30)28(4)20(24)27-21/h1,6-11,13H,12H2,2-4H3,(H2,24,27)/b17-9-/t13?,21-/m0/s1. The van der Waals surface area contributed by atoms with Gasteiger partial charge < -0.3 is 10.5 Å². The summed E-state index contributed by atoms with van der Waals surface area (Å²) in [7, 11) is -2.53. The predicted molar refractivity (Wildman–Crippen MR) is 117 cm³/mol. The van der Waals surface area contributed by atoms with Crippen molar-refractivity contribution in [3.8, 4) is 18.2 Å². The molecule has 0 radical (unpaired) electrons. The molecule has 0 saturated heterocycles. The number of nitrogens with zero attached hydrogens (tertiary/aromatic N) is 4. The fourth-order valence-electron chi connectivity index (χ4n) is 3.07. The van der Waals surface area contributed by atoms with Crippen LogP contribution in [0.3, 0.4) is 0 Å². The first-order valence-electron chi connectivity index (χ1n) is 9.39. The van der Waals surface area contributed by atoms with Gasteiger partial charge in [0.25, 0.3) is 0 Å². The third-order valence-electron chi connectivity index (χ3n) is 4.83. The molecule has 2 aromatic rings. The van der Waals surface area contributed by atoms with Gasteiger partial charge in [-0.05, 0) is 37.6 Å². The van der Waals surface area contributed by atoms with Crippen molar-refractivity contribution in [2.75, 3.05) is 12.8 Å². The molecule has 2 N–H and O–H groups in total. The average molecular weight is 461 g/mol. The van der Waals surface area contributed by atoms with Gasteiger partial charge in [0.2, 0.25) is 21.9 Å². The number of hydrogen-bond acceptors (Lipinski definition) is 7. The molecule has 0 amide bonds. The van der Waals surface area contributed by atoms with Gasteiger partial charge >= 0.3 is 0 Å². The number of nitrogens with two attached hydrogens (primary N) is 1. The molecule has 1 aliphatic heterocycles. The van der Waals surface area contributed by atoms with Crippen molar-refractivity contribution in [1.82, 2.24) is 14.3 Å². The lowest BCUT2D eigenvalue weighted by Crippen LogP contribution is -2.50. The number of terminal acetylenes is 1. The summed E-state index contributed by atoms with van der Waals surface area (Å²) in [6.45, 7) is 3.10. The Morgan fingerprint density at radius 3 is 2.72 bits per heavy atom. The SMILES string of the molecule is C#CC(C)Oc1cnc(/C(F)=C/c2ccc(F)c([C@]3(C)CS(=O)(=O)N(C)C(N)=N3)c2)cn1. The van der Waals surface area contributed by atoms with Crippen LogP contribution in [0.1, 0.15) is 30.7 Å². The van der Waals surface area contributed by atoms with Crippen molar-refractivity contribution in [1.29, 1.82) is 0 Å². The molecule has 11 heteroatoms. The van der Waals surface area contributed by atoms with Crippen molar-refractivity contribution in [2.24, 2.45) is 10.7 Å². The summed E-state index contributed by atoms with van der Waals surface area (Å²) >= 11 is 0. The van der Waals surface area contributed by atoms with Crippen molar-refractivity contribution >= 4 is 27.9 Å². The fourth-order valence-corrected chi connectivity index (χ4v) is 4.52. The van der Waals surface area contributed by atoms with Crippen molar-refractivity contribution in [3.05, 3.63) is 53.2 Å². The summed E-state index contributed by atoms with van der Waals surface area (Å²) in [6.07, 6.45) is 8.24. The topological polar surface area (TPSA) is 111 Å². The first-order chi connectivity index (χ1) is 14.9. The van der Waals surface area contributed by atoms with Gasteiger partial charge in [0, 0.05) is 12.6 Å². The maximum Gasteiger partial charge on any atom is 0.239 e. The largest absolute Gasteiger partial charge is 0.460 e. The molecule has 0 spiro atoms. The number of ether oxygens (including phenoxy) is 1. The van der Waals surface area contributed by atoms with E-state index in [1.54, 1.807) is 6.92 Å². The number of rotatable bonds is 5. The summed E-state index contributed by atoms with van der Waals surface area (Å²) in [5.74, 6) is 0.327. The highest BCUT2D eigenvalue weighted by Crippen LogP contribution is 2.34. The molecule has 3 rings (SSSR count). The molecule has 0 fully saturated rings. The lowest BCUT2D eigenvalue weighted by molar-refractivity contribution is 0.266. The molecule has 1 aliphatic rings. The zero-order chi connectivity index (χ0) is 23.7. The minimum atomic E-state index is -3.80. The van der Waals surface area contributed by atoms with Crippen LogP contribution in [0.4, 0.5) is 8.78 Å². The zero-order valence-electron chi connectivity index (χ0n) is 17.6. The van der Waals surface area contributed by atoms with Crippen molar-refractivity contribution in [3.63, 3.8) is 0 Å². The maximum atomic E-state index is 14.7. The van der Waals surface area contributed by atoms with E-state index in [0.717, 1.165) is 16.4 Å². The van der Waals surface area contributed by atoms with Gasteiger partial charge in [-0.1, -0.05) is 12.0 Å². The second kappa shape index (κ2) is 8.55. The first kappa shape index (κ1) is 23.1. The van der Waals surface area contributed by atoms with Gasteiger partial charge in [0.15, 0.2) is 11.9 Å². The smallest absolute Gasteiger partial charge is 0.239 e. The van der Waals surface area contributed by atoms with E-state index >= 15 is 0 Å². The molecule has 0 bridgehead atoms. The van der Waals surface area contributed by atoms with Crippen LogP contribution in [0.5, 0.6) is 5.88 Å². The van der Waals surface area contributed by atoms with E-state index in [0.29, 0.717) is 0 Å². The number of sulfonamides is 1. The van der Waals surface area contributed by atoms with Crippen LogP contribution in [0, 0.1) is 18.2 Å². The Bertz CT molecular complexity index is 1240. The second-order valence-corrected chi connectivity index (χ2v) is 9.37. The molecular weight excluding hydrogens is 440 g/mol. The van der Waals surface area contributed by atoms with Crippen LogP contribution in [0.2, 0.25) is 0 Å². The number of halogens is 2. The molecule has 1 aromatic heterocycles. The normalized spacial score (nSPS) is 21.4. The molecular formula is C21H21F2N5O3S. The van der Waals surface area contributed by atoms with Crippen molar-refractivity contribution in [2.45, 2.75) is 25.5 Å². The van der Waals surface area contributed by atoms with E-state index in [4.69, 9.17) is 16.9 Å². The Morgan fingerprint density at radius 2 is 2.12 bits per heavy atom. The van der Waals surface area contributed by atoms with Crippen LogP contribution in [0.15, 0.2) is 35.6 Å². The quantitative estimate of drug-likeness (QED) is 0.684. The molecule has 0 aliphatic carbocycles. The highest BCUT2D eigenvalue weighted by Gasteiger charge is 2.41.